The lowest BCUT2D eigenvalue weighted by Gasteiger charge is -2.31. The first-order chi connectivity index (χ1) is 26.1. The first-order valence-electron chi connectivity index (χ1n) is 19.4. The quantitative estimate of drug-likeness (QED) is 0.191. The van der Waals surface area contributed by atoms with E-state index in [1.165, 1.54) is 0 Å². The Labute approximate surface area is 332 Å². The lowest BCUT2D eigenvalue weighted by molar-refractivity contribution is -0.114. The molecular weight excluding hydrogens is 689 g/mol. The first kappa shape index (κ1) is 40.1. The predicted octanol–water partition coefficient (Wildman–Crippen LogP) is 14.7. The minimum atomic E-state index is -0.299. The number of benzene rings is 4. The molecule has 0 heterocycles. The molecule has 2 aliphatic carbocycles. The average Bonchev–Trinajstić information content (AvgIpc) is 3.11. The van der Waals surface area contributed by atoms with E-state index in [-0.39, 0.29) is 33.2 Å². The van der Waals surface area contributed by atoms with Crippen molar-refractivity contribution in [2.24, 2.45) is 42.1 Å². The molecule has 0 radical (unpaired) electrons. The third-order valence-electron chi connectivity index (χ3n) is 10.3. The van der Waals surface area contributed by atoms with E-state index < -0.39 is 0 Å². The van der Waals surface area contributed by atoms with Crippen molar-refractivity contribution in [3.63, 3.8) is 0 Å². The van der Waals surface area contributed by atoms with Crippen LogP contribution in [0.2, 0.25) is 0 Å². The fraction of sp³-hybridized carbons (Fsp3) is 0.320. The molecule has 56 heavy (non-hydrogen) atoms. The number of hydrogen-bond acceptors (Lipinski definition) is 6. The zero-order valence-electron chi connectivity index (χ0n) is 35.0. The van der Waals surface area contributed by atoms with Crippen LogP contribution in [0.4, 0.5) is 11.4 Å². The predicted molar refractivity (Wildman–Crippen MR) is 232 cm³/mol. The molecule has 0 fully saturated rings. The zero-order chi connectivity index (χ0) is 40.8. The van der Waals surface area contributed by atoms with Crippen molar-refractivity contribution in [1.29, 1.82) is 0 Å². The summed E-state index contributed by atoms with van der Waals surface area (Å²) in [5.74, 6) is 0.193. The molecule has 0 aliphatic heterocycles. The van der Waals surface area contributed by atoms with Gasteiger partial charge in [-0.1, -0.05) is 144 Å². The Morgan fingerprint density at radius 3 is 0.964 bits per heavy atom. The number of allylic oxidation sites excluding steroid dienone is 10. The third-order valence-corrected chi connectivity index (χ3v) is 10.3. The van der Waals surface area contributed by atoms with Crippen LogP contribution in [0.15, 0.2) is 163 Å². The Hall–Kier alpha value is -5.62. The number of nitrogens with zero attached hydrogens (tertiary/aromatic N) is 4. The lowest BCUT2D eigenvalue weighted by Crippen LogP contribution is -2.27. The monoisotopic (exact) mass is 742 g/mol. The summed E-state index contributed by atoms with van der Waals surface area (Å²) in [6.07, 6.45) is 11.3. The van der Waals surface area contributed by atoms with Crippen LogP contribution in [-0.4, -0.2) is 11.6 Å². The van der Waals surface area contributed by atoms with Crippen LogP contribution in [0.3, 0.4) is 0 Å². The van der Waals surface area contributed by atoms with E-state index in [4.69, 9.17) is 10.2 Å². The molecule has 0 saturated heterocycles. The summed E-state index contributed by atoms with van der Waals surface area (Å²) in [4.78, 5) is 26.8. The molecule has 0 spiro atoms. The van der Waals surface area contributed by atoms with Gasteiger partial charge in [-0.2, -0.15) is 20.5 Å². The number of ketones is 2. The van der Waals surface area contributed by atoms with E-state index in [1.807, 2.05) is 60.7 Å². The van der Waals surface area contributed by atoms with E-state index in [0.717, 1.165) is 77.5 Å². The van der Waals surface area contributed by atoms with E-state index >= 15 is 0 Å². The second kappa shape index (κ2) is 14.8. The van der Waals surface area contributed by atoms with Gasteiger partial charge in [0.25, 0.3) is 0 Å². The standard InChI is InChI=1S/C50H54N4O2/c1-47(2,3)39-25-31(26-40(45(39)55)48(4,5)6)29-51-53-43-23-21-35(33-17-13-15-19-37(33)43)36-22-24-44(38-20-16-14-18-34(36)38)54-52-30-32-27-41(49(7,8)9)46(56)42(28-32)50(10,11)12/h13-30H,1-12H3/b53-51+,54-52+. The van der Waals surface area contributed by atoms with Crippen LogP contribution in [-0.2, 0) is 9.59 Å². The van der Waals surface area contributed by atoms with Crippen LogP contribution < -0.4 is 0 Å². The molecule has 0 saturated carbocycles. The van der Waals surface area contributed by atoms with Gasteiger partial charge in [-0.3, -0.25) is 9.59 Å². The maximum Gasteiger partial charge on any atom is 0.186 e. The SMILES string of the molecule is CC(C)(C)C1=CC(=C/N=N/c2ccc(-c3ccc(/N=N/C=C4C=C(C(C)(C)C)C(=O)C(C(C)(C)C)=C4)c4ccccc34)c3ccccc23)C=C(C(C)(C)C)C1=O. The van der Waals surface area contributed by atoms with Crippen LogP contribution in [0.1, 0.15) is 83.1 Å². The van der Waals surface area contributed by atoms with Gasteiger partial charge in [-0.05, 0) is 91.1 Å². The Bertz CT molecular complexity index is 2270. The van der Waals surface area contributed by atoms with Crippen molar-refractivity contribution < 1.29 is 9.59 Å². The van der Waals surface area contributed by atoms with Crippen molar-refractivity contribution in [2.75, 3.05) is 0 Å². The summed E-state index contributed by atoms with van der Waals surface area (Å²) in [5.41, 5.74) is 7.29. The van der Waals surface area contributed by atoms with E-state index in [0.29, 0.717) is 0 Å². The summed E-state index contributed by atoms with van der Waals surface area (Å²) in [5, 5.41) is 22.6. The van der Waals surface area contributed by atoms with Crippen molar-refractivity contribution in [3.05, 3.63) is 143 Å². The lowest BCUT2D eigenvalue weighted by atomic mass is 9.72. The third kappa shape index (κ3) is 8.30. The van der Waals surface area contributed by atoms with Crippen LogP contribution >= 0.6 is 0 Å². The largest absolute Gasteiger partial charge is 0.289 e. The van der Waals surface area contributed by atoms with Gasteiger partial charge in [-0.15, -0.1) is 0 Å². The van der Waals surface area contributed by atoms with Gasteiger partial charge in [0, 0.05) is 33.1 Å². The number of rotatable bonds is 5. The van der Waals surface area contributed by atoms with Crippen molar-refractivity contribution >= 4 is 44.5 Å². The van der Waals surface area contributed by atoms with Crippen LogP contribution in [0, 0.1) is 21.7 Å². The number of carbonyl (C=O) groups excluding carboxylic acids is 2. The molecule has 2 aliphatic rings. The number of Topliss-reactive ketones (excluding diaryl/α,β-unsaturated/α-hetero) is 2. The molecule has 6 heteroatoms. The molecule has 0 N–H and O–H groups in total. The number of azo groups is 2. The maximum atomic E-state index is 13.4. The first-order valence-corrected chi connectivity index (χ1v) is 19.4. The molecule has 4 aromatic carbocycles. The molecule has 4 aromatic rings. The summed E-state index contributed by atoms with van der Waals surface area (Å²) in [7, 11) is 0. The molecule has 0 bridgehead atoms. The van der Waals surface area contributed by atoms with Crippen LogP contribution in [0.5, 0.6) is 0 Å². The Morgan fingerprint density at radius 1 is 0.393 bits per heavy atom. The van der Waals surface area contributed by atoms with Gasteiger partial charge in [-0.25, -0.2) is 0 Å². The zero-order valence-corrected chi connectivity index (χ0v) is 35.0. The molecule has 0 unspecified atom stereocenters. The highest BCUT2D eigenvalue weighted by atomic mass is 16.1. The summed E-state index contributed by atoms with van der Waals surface area (Å²) in [6, 6.07) is 24.7. The van der Waals surface area contributed by atoms with Crippen molar-refractivity contribution in [2.45, 2.75) is 83.1 Å². The molecule has 0 atom stereocenters. The molecule has 0 aromatic heterocycles. The Balaban J connectivity index is 1.36. The van der Waals surface area contributed by atoms with Crippen LogP contribution in [0.25, 0.3) is 32.7 Å². The average molecular weight is 743 g/mol. The number of hydrogen-bond donors (Lipinski definition) is 0. The highest BCUT2D eigenvalue weighted by molar-refractivity contribution is 6.13. The molecular formula is C50H54N4O2. The van der Waals surface area contributed by atoms with Gasteiger partial charge in [0.1, 0.15) is 0 Å². The summed E-state index contributed by atoms with van der Waals surface area (Å²) in [6.45, 7) is 24.8. The second-order valence-corrected chi connectivity index (χ2v) is 18.9. The van der Waals surface area contributed by atoms with Crippen molar-refractivity contribution in [1.82, 2.24) is 0 Å². The normalized spacial score (nSPS) is 16.1. The van der Waals surface area contributed by atoms with Gasteiger partial charge >= 0.3 is 0 Å². The highest BCUT2D eigenvalue weighted by Crippen LogP contribution is 2.43. The summed E-state index contributed by atoms with van der Waals surface area (Å²) >= 11 is 0. The van der Waals surface area contributed by atoms with Gasteiger partial charge in [0.2, 0.25) is 0 Å². The van der Waals surface area contributed by atoms with E-state index in [1.54, 1.807) is 12.4 Å². The van der Waals surface area contributed by atoms with Gasteiger partial charge in [0.05, 0.1) is 23.8 Å². The molecule has 286 valence electrons. The fourth-order valence-corrected chi connectivity index (χ4v) is 7.21. The second-order valence-electron chi connectivity index (χ2n) is 18.9. The highest BCUT2D eigenvalue weighted by Gasteiger charge is 2.35. The van der Waals surface area contributed by atoms with Gasteiger partial charge < -0.3 is 0 Å². The van der Waals surface area contributed by atoms with Gasteiger partial charge in [0.15, 0.2) is 11.6 Å². The minimum Gasteiger partial charge on any atom is -0.289 e. The molecule has 6 rings (SSSR count). The summed E-state index contributed by atoms with van der Waals surface area (Å²) < 4.78 is 0. The number of fused-ring (bicyclic) bond motifs is 2. The minimum absolute atomic E-state index is 0.0964. The smallest absolute Gasteiger partial charge is 0.186 e. The molecule has 0 amide bonds. The number of carbonyl (C=O) groups is 2. The Kier molecular flexibility index (Phi) is 10.6. The Morgan fingerprint density at radius 2 is 0.679 bits per heavy atom. The topological polar surface area (TPSA) is 83.6 Å². The maximum absolute atomic E-state index is 13.4. The molecule has 6 nitrogen and oxygen atoms in total. The van der Waals surface area contributed by atoms with Crippen molar-refractivity contribution in [3.8, 4) is 11.1 Å². The van der Waals surface area contributed by atoms with E-state index in [9.17, 15) is 9.59 Å². The fourth-order valence-electron chi connectivity index (χ4n) is 7.21. The van der Waals surface area contributed by atoms with E-state index in [2.05, 4.69) is 130 Å².